The maximum Gasteiger partial charge on any atom is 0.251 e. The summed E-state index contributed by atoms with van der Waals surface area (Å²) in [6, 6.07) is 8.99. The standard InChI is InChI=1S/C19H20ClN5O/c1-11-8-12(2)22-19(21-11)25-14(4)17(13(3)24-25)10-18(26)23-16-7-5-6-15(20)9-16/h5-9H,10H2,1-4H3,(H,23,26). The number of carbonyl (C=O) groups excluding carboxylic acids is 1. The summed E-state index contributed by atoms with van der Waals surface area (Å²) in [6.07, 6.45) is 0.217. The van der Waals surface area contributed by atoms with Gasteiger partial charge in [-0.25, -0.2) is 14.6 Å². The summed E-state index contributed by atoms with van der Waals surface area (Å²) in [4.78, 5) is 21.3. The van der Waals surface area contributed by atoms with Gasteiger partial charge in [-0.2, -0.15) is 5.10 Å². The van der Waals surface area contributed by atoms with E-state index < -0.39 is 0 Å². The van der Waals surface area contributed by atoms with Crippen LogP contribution in [-0.4, -0.2) is 25.7 Å². The lowest BCUT2D eigenvalue weighted by Crippen LogP contribution is -2.15. The highest BCUT2D eigenvalue weighted by Crippen LogP contribution is 2.19. The van der Waals surface area contributed by atoms with Crippen LogP contribution in [-0.2, 0) is 11.2 Å². The summed E-state index contributed by atoms with van der Waals surface area (Å²) in [7, 11) is 0. The maximum absolute atomic E-state index is 12.4. The van der Waals surface area contributed by atoms with Crippen LogP contribution in [0.1, 0.15) is 28.3 Å². The molecular formula is C19H20ClN5O. The van der Waals surface area contributed by atoms with E-state index in [9.17, 15) is 4.79 Å². The monoisotopic (exact) mass is 369 g/mol. The van der Waals surface area contributed by atoms with Gasteiger partial charge in [-0.1, -0.05) is 17.7 Å². The number of halogens is 1. The average Bonchev–Trinajstić information content (AvgIpc) is 2.82. The lowest BCUT2D eigenvalue weighted by atomic mass is 10.1. The highest BCUT2D eigenvalue weighted by atomic mass is 35.5. The molecule has 3 aromatic rings. The van der Waals surface area contributed by atoms with E-state index in [1.54, 1.807) is 28.9 Å². The van der Waals surface area contributed by atoms with E-state index in [0.29, 0.717) is 16.7 Å². The summed E-state index contributed by atoms with van der Waals surface area (Å²) in [6.45, 7) is 7.64. The van der Waals surface area contributed by atoms with Crippen molar-refractivity contribution in [2.75, 3.05) is 5.32 Å². The summed E-state index contributed by atoms with van der Waals surface area (Å²) in [5.74, 6) is 0.393. The Morgan fingerprint density at radius 2 is 1.81 bits per heavy atom. The molecule has 6 nitrogen and oxygen atoms in total. The SMILES string of the molecule is Cc1cc(C)nc(-n2nc(C)c(CC(=O)Nc3cccc(Cl)c3)c2C)n1. The van der Waals surface area contributed by atoms with Crippen molar-refractivity contribution in [1.29, 1.82) is 0 Å². The van der Waals surface area contributed by atoms with Crippen molar-refractivity contribution in [3.8, 4) is 5.95 Å². The second-order valence-corrected chi connectivity index (χ2v) is 6.68. The molecule has 0 aliphatic carbocycles. The zero-order valence-electron chi connectivity index (χ0n) is 15.2. The Labute approximate surface area is 157 Å². The van der Waals surface area contributed by atoms with Gasteiger partial charge in [0.05, 0.1) is 12.1 Å². The van der Waals surface area contributed by atoms with Gasteiger partial charge in [0.15, 0.2) is 0 Å². The molecule has 1 N–H and O–H groups in total. The summed E-state index contributed by atoms with van der Waals surface area (Å²) < 4.78 is 1.69. The number of carbonyl (C=O) groups is 1. The van der Waals surface area contributed by atoms with E-state index in [0.717, 1.165) is 28.3 Å². The molecule has 7 heteroatoms. The highest BCUT2D eigenvalue weighted by Gasteiger charge is 2.17. The molecule has 1 amide bonds. The van der Waals surface area contributed by atoms with Crippen molar-refractivity contribution in [2.45, 2.75) is 34.1 Å². The lowest BCUT2D eigenvalue weighted by molar-refractivity contribution is -0.115. The molecule has 0 saturated carbocycles. The van der Waals surface area contributed by atoms with Crippen LogP contribution < -0.4 is 5.32 Å². The zero-order chi connectivity index (χ0) is 18.8. The van der Waals surface area contributed by atoms with Crippen LogP contribution in [0.15, 0.2) is 30.3 Å². The molecule has 0 unspecified atom stereocenters. The molecule has 0 spiro atoms. The number of hydrogen-bond acceptors (Lipinski definition) is 4. The summed E-state index contributed by atoms with van der Waals surface area (Å²) >= 11 is 5.96. The molecule has 0 fully saturated rings. The predicted molar refractivity (Wildman–Crippen MR) is 102 cm³/mol. The van der Waals surface area contributed by atoms with Gasteiger partial charge in [0.2, 0.25) is 5.91 Å². The first-order valence-electron chi connectivity index (χ1n) is 8.26. The second-order valence-electron chi connectivity index (χ2n) is 6.25. The topological polar surface area (TPSA) is 72.7 Å². The number of hydrogen-bond donors (Lipinski definition) is 1. The minimum Gasteiger partial charge on any atom is -0.326 e. The third-order valence-corrected chi connectivity index (χ3v) is 4.28. The van der Waals surface area contributed by atoms with Crippen LogP contribution in [0.25, 0.3) is 5.95 Å². The van der Waals surface area contributed by atoms with Crippen molar-refractivity contribution in [3.63, 3.8) is 0 Å². The largest absolute Gasteiger partial charge is 0.326 e. The fourth-order valence-corrected chi connectivity index (χ4v) is 3.05. The predicted octanol–water partition coefficient (Wildman–Crippen LogP) is 3.73. The van der Waals surface area contributed by atoms with Crippen molar-refractivity contribution in [2.24, 2.45) is 0 Å². The third kappa shape index (κ3) is 3.91. The fourth-order valence-electron chi connectivity index (χ4n) is 2.86. The Kier molecular flexibility index (Phi) is 5.04. The van der Waals surface area contributed by atoms with Gasteiger partial charge in [0.25, 0.3) is 5.95 Å². The molecule has 2 aromatic heterocycles. The molecule has 3 rings (SSSR count). The second kappa shape index (κ2) is 7.25. The zero-order valence-corrected chi connectivity index (χ0v) is 15.9. The average molecular weight is 370 g/mol. The molecule has 0 atom stereocenters. The maximum atomic E-state index is 12.4. The molecule has 0 saturated heterocycles. The molecule has 0 radical (unpaired) electrons. The van der Waals surface area contributed by atoms with Gasteiger partial charge in [0, 0.05) is 33.4 Å². The lowest BCUT2D eigenvalue weighted by Gasteiger charge is -2.07. The van der Waals surface area contributed by atoms with Gasteiger partial charge in [-0.15, -0.1) is 0 Å². The van der Waals surface area contributed by atoms with Gasteiger partial charge in [0.1, 0.15) is 0 Å². The fraction of sp³-hybridized carbons (Fsp3) is 0.263. The van der Waals surface area contributed by atoms with Crippen molar-refractivity contribution in [1.82, 2.24) is 19.7 Å². The third-order valence-electron chi connectivity index (χ3n) is 4.05. The molecule has 26 heavy (non-hydrogen) atoms. The number of nitrogens with one attached hydrogen (secondary N) is 1. The number of anilines is 1. The highest BCUT2D eigenvalue weighted by molar-refractivity contribution is 6.30. The molecule has 0 bridgehead atoms. The first-order valence-corrected chi connectivity index (χ1v) is 8.64. The minimum absolute atomic E-state index is 0.126. The van der Waals surface area contributed by atoms with Gasteiger partial charge in [-0.3, -0.25) is 4.79 Å². The first-order chi connectivity index (χ1) is 12.3. The molecule has 0 aliphatic rings. The minimum atomic E-state index is -0.126. The van der Waals surface area contributed by atoms with E-state index in [1.165, 1.54) is 0 Å². The van der Waals surface area contributed by atoms with E-state index in [1.807, 2.05) is 33.8 Å². The molecule has 0 aliphatic heterocycles. The summed E-state index contributed by atoms with van der Waals surface area (Å²) in [5.41, 5.74) is 4.93. The smallest absolute Gasteiger partial charge is 0.251 e. The van der Waals surface area contributed by atoms with Crippen LogP contribution in [0, 0.1) is 27.7 Å². The van der Waals surface area contributed by atoms with Crippen LogP contribution in [0.3, 0.4) is 0 Å². The number of aromatic nitrogens is 4. The Hall–Kier alpha value is -2.73. The first kappa shape index (κ1) is 18.1. The van der Waals surface area contributed by atoms with Crippen LogP contribution in [0.2, 0.25) is 5.02 Å². The number of nitrogens with zero attached hydrogens (tertiary/aromatic N) is 4. The van der Waals surface area contributed by atoms with Gasteiger partial charge < -0.3 is 5.32 Å². The number of amides is 1. The van der Waals surface area contributed by atoms with E-state index in [4.69, 9.17) is 11.6 Å². The molecule has 2 heterocycles. The Morgan fingerprint density at radius 1 is 1.12 bits per heavy atom. The van der Waals surface area contributed by atoms with E-state index in [-0.39, 0.29) is 12.3 Å². The Bertz CT molecular complexity index is 960. The Balaban J connectivity index is 1.85. The van der Waals surface area contributed by atoms with Crippen LogP contribution >= 0.6 is 11.6 Å². The van der Waals surface area contributed by atoms with E-state index >= 15 is 0 Å². The van der Waals surface area contributed by atoms with E-state index in [2.05, 4.69) is 20.4 Å². The normalized spacial score (nSPS) is 10.8. The van der Waals surface area contributed by atoms with Crippen molar-refractivity contribution in [3.05, 3.63) is 63.7 Å². The van der Waals surface area contributed by atoms with Gasteiger partial charge in [-0.05, 0) is 52.0 Å². The molecular weight excluding hydrogens is 350 g/mol. The number of benzene rings is 1. The quantitative estimate of drug-likeness (QED) is 0.760. The van der Waals surface area contributed by atoms with Crippen LogP contribution in [0.4, 0.5) is 5.69 Å². The Morgan fingerprint density at radius 3 is 2.46 bits per heavy atom. The van der Waals surface area contributed by atoms with Crippen molar-refractivity contribution < 1.29 is 4.79 Å². The molecule has 1 aromatic carbocycles. The summed E-state index contributed by atoms with van der Waals surface area (Å²) in [5, 5.41) is 7.97. The van der Waals surface area contributed by atoms with Gasteiger partial charge >= 0.3 is 0 Å². The number of aryl methyl sites for hydroxylation is 3. The van der Waals surface area contributed by atoms with Crippen molar-refractivity contribution >= 4 is 23.2 Å². The van der Waals surface area contributed by atoms with Crippen LogP contribution in [0.5, 0.6) is 0 Å². The molecule has 134 valence electrons. The number of rotatable bonds is 4.